The summed E-state index contributed by atoms with van der Waals surface area (Å²) in [6.45, 7) is 2.21. The van der Waals surface area contributed by atoms with Crippen molar-refractivity contribution in [1.82, 2.24) is 10.2 Å². The van der Waals surface area contributed by atoms with Crippen LogP contribution in [-0.2, 0) is 9.53 Å². The van der Waals surface area contributed by atoms with Crippen molar-refractivity contribution in [2.24, 2.45) is 5.92 Å². The van der Waals surface area contributed by atoms with Crippen LogP contribution >= 0.6 is 0 Å². The molecule has 2 aromatic carbocycles. The van der Waals surface area contributed by atoms with E-state index in [2.05, 4.69) is 5.32 Å². The molecule has 0 saturated carbocycles. The van der Waals surface area contributed by atoms with Gasteiger partial charge in [0.15, 0.2) is 0 Å². The maximum atomic E-state index is 12.8. The molecule has 1 saturated heterocycles. The third-order valence-corrected chi connectivity index (χ3v) is 5.31. The van der Waals surface area contributed by atoms with Crippen molar-refractivity contribution in [2.75, 3.05) is 40.5 Å². The average Bonchev–Trinajstić information content (AvgIpc) is 2.79. The molecule has 1 fully saturated rings. The Kier molecular flexibility index (Phi) is 7.25. The Hall–Kier alpha value is -2.86. The van der Waals surface area contributed by atoms with Crippen LogP contribution in [-0.4, -0.2) is 57.2 Å². The van der Waals surface area contributed by atoms with Crippen LogP contribution in [0.3, 0.4) is 0 Å². The van der Waals surface area contributed by atoms with Crippen molar-refractivity contribution in [3.8, 4) is 16.9 Å². The van der Waals surface area contributed by atoms with Crippen LogP contribution in [0, 0.1) is 5.92 Å². The van der Waals surface area contributed by atoms with Gasteiger partial charge in [-0.05, 0) is 36.6 Å². The Morgan fingerprint density at radius 2 is 1.72 bits per heavy atom. The molecule has 6 heteroatoms. The lowest BCUT2D eigenvalue weighted by molar-refractivity contribution is -0.126. The number of likely N-dealkylation sites (tertiary alicyclic amines) is 1. The molecule has 0 spiro atoms. The van der Waals surface area contributed by atoms with Crippen LogP contribution in [0.1, 0.15) is 23.2 Å². The minimum atomic E-state index is -0.0381. The Balaban J connectivity index is 1.58. The van der Waals surface area contributed by atoms with Gasteiger partial charge in [-0.2, -0.15) is 0 Å². The van der Waals surface area contributed by atoms with E-state index in [1.165, 1.54) is 0 Å². The topological polar surface area (TPSA) is 67.9 Å². The smallest absolute Gasteiger partial charge is 0.253 e. The number of methoxy groups -OCH3 is 2. The quantitative estimate of drug-likeness (QED) is 0.731. The highest BCUT2D eigenvalue weighted by molar-refractivity contribution is 5.95. The molecular formula is C23H28N2O4. The molecule has 0 unspecified atom stereocenters. The molecule has 0 radical (unpaired) electrons. The summed E-state index contributed by atoms with van der Waals surface area (Å²) in [7, 11) is 3.26. The van der Waals surface area contributed by atoms with Gasteiger partial charge in [-0.25, -0.2) is 0 Å². The van der Waals surface area contributed by atoms with Crippen LogP contribution in [0.2, 0.25) is 0 Å². The van der Waals surface area contributed by atoms with Crippen molar-refractivity contribution in [3.63, 3.8) is 0 Å². The van der Waals surface area contributed by atoms with Crippen LogP contribution < -0.4 is 10.1 Å². The molecule has 6 nitrogen and oxygen atoms in total. The second-order valence-corrected chi connectivity index (χ2v) is 7.13. The highest BCUT2D eigenvalue weighted by Crippen LogP contribution is 2.30. The molecule has 3 rings (SSSR count). The second kappa shape index (κ2) is 10.1. The maximum absolute atomic E-state index is 12.8. The van der Waals surface area contributed by atoms with Gasteiger partial charge in [-0.3, -0.25) is 9.59 Å². The van der Waals surface area contributed by atoms with E-state index in [0.29, 0.717) is 44.6 Å². The number of hydrogen-bond acceptors (Lipinski definition) is 4. The van der Waals surface area contributed by atoms with Gasteiger partial charge < -0.3 is 19.7 Å². The van der Waals surface area contributed by atoms with Gasteiger partial charge in [-0.1, -0.05) is 30.3 Å². The monoisotopic (exact) mass is 396 g/mol. The van der Waals surface area contributed by atoms with E-state index in [0.717, 1.165) is 16.9 Å². The average molecular weight is 396 g/mol. The summed E-state index contributed by atoms with van der Waals surface area (Å²) in [6, 6.07) is 15.4. The van der Waals surface area contributed by atoms with Crippen molar-refractivity contribution in [3.05, 3.63) is 54.1 Å². The van der Waals surface area contributed by atoms with Gasteiger partial charge in [0.1, 0.15) is 5.75 Å². The summed E-state index contributed by atoms with van der Waals surface area (Å²) in [5.41, 5.74) is 2.66. The minimum Gasteiger partial charge on any atom is -0.496 e. The number of carbonyl (C=O) groups excluding carboxylic acids is 2. The predicted octanol–water partition coefficient (Wildman–Crippen LogP) is 2.98. The number of hydrogen-bond donors (Lipinski definition) is 1. The highest BCUT2D eigenvalue weighted by Gasteiger charge is 2.27. The Morgan fingerprint density at radius 3 is 2.38 bits per heavy atom. The van der Waals surface area contributed by atoms with Crippen LogP contribution in [0.5, 0.6) is 5.75 Å². The number of ether oxygens (including phenoxy) is 2. The van der Waals surface area contributed by atoms with E-state index in [-0.39, 0.29) is 17.7 Å². The first-order valence-electron chi connectivity index (χ1n) is 9.93. The SMILES string of the molecule is COCCNC(=O)C1CCN(C(=O)c2ccc(-c3ccccc3OC)cc2)CC1. The molecule has 29 heavy (non-hydrogen) atoms. The lowest BCUT2D eigenvalue weighted by Gasteiger charge is -2.31. The third-order valence-electron chi connectivity index (χ3n) is 5.31. The van der Waals surface area contributed by atoms with Crippen molar-refractivity contribution < 1.29 is 19.1 Å². The molecule has 1 N–H and O–H groups in total. The summed E-state index contributed by atoms with van der Waals surface area (Å²) >= 11 is 0. The van der Waals surface area contributed by atoms with Gasteiger partial charge in [0.05, 0.1) is 13.7 Å². The van der Waals surface area contributed by atoms with E-state index in [4.69, 9.17) is 9.47 Å². The lowest BCUT2D eigenvalue weighted by atomic mass is 9.95. The maximum Gasteiger partial charge on any atom is 0.253 e. The number of nitrogens with one attached hydrogen (secondary N) is 1. The fraction of sp³-hybridized carbons (Fsp3) is 0.391. The third kappa shape index (κ3) is 5.15. The van der Waals surface area contributed by atoms with E-state index in [1.807, 2.05) is 53.4 Å². The van der Waals surface area contributed by atoms with Gasteiger partial charge in [0.2, 0.25) is 5.91 Å². The molecule has 0 aromatic heterocycles. The van der Waals surface area contributed by atoms with Crippen LogP contribution in [0.4, 0.5) is 0 Å². The Morgan fingerprint density at radius 1 is 1.03 bits per heavy atom. The fourth-order valence-electron chi connectivity index (χ4n) is 3.62. The zero-order valence-electron chi connectivity index (χ0n) is 17.0. The number of benzene rings is 2. The molecule has 0 atom stereocenters. The van der Waals surface area contributed by atoms with E-state index in [9.17, 15) is 9.59 Å². The molecule has 0 aliphatic carbocycles. The highest BCUT2D eigenvalue weighted by atomic mass is 16.5. The van der Waals surface area contributed by atoms with Crippen LogP contribution in [0.15, 0.2) is 48.5 Å². The zero-order valence-corrected chi connectivity index (χ0v) is 17.0. The number of piperidine rings is 1. The summed E-state index contributed by atoms with van der Waals surface area (Å²) in [6.07, 6.45) is 1.37. The number of amides is 2. The van der Waals surface area contributed by atoms with E-state index in [1.54, 1.807) is 14.2 Å². The van der Waals surface area contributed by atoms with Crippen molar-refractivity contribution in [2.45, 2.75) is 12.8 Å². The predicted molar refractivity (Wildman–Crippen MR) is 112 cm³/mol. The first-order chi connectivity index (χ1) is 14.1. The largest absolute Gasteiger partial charge is 0.496 e. The lowest BCUT2D eigenvalue weighted by Crippen LogP contribution is -2.43. The van der Waals surface area contributed by atoms with E-state index >= 15 is 0 Å². The van der Waals surface area contributed by atoms with E-state index < -0.39 is 0 Å². The summed E-state index contributed by atoms with van der Waals surface area (Å²) < 4.78 is 10.4. The first-order valence-corrected chi connectivity index (χ1v) is 9.93. The number of rotatable bonds is 7. The zero-order chi connectivity index (χ0) is 20.6. The molecule has 2 aromatic rings. The standard InChI is InChI=1S/C23H28N2O4/c1-28-16-13-24-22(26)18-11-14-25(15-12-18)23(27)19-9-7-17(8-10-19)20-5-3-4-6-21(20)29-2/h3-10,18H,11-16H2,1-2H3,(H,24,26). The minimum absolute atomic E-state index is 0.00909. The van der Waals surface area contributed by atoms with Crippen molar-refractivity contribution in [1.29, 1.82) is 0 Å². The summed E-state index contributed by atoms with van der Waals surface area (Å²) in [4.78, 5) is 26.8. The first kappa shape index (κ1) is 20.9. The Labute approximate surface area is 171 Å². The molecule has 1 heterocycles. The van der Waals surface area contributed by atoms with Crippen LogP contribution in [0.25, 0.3) is 11.1 Å². The normalized spacial score (nSPS) is 14.5. The molecule has 1 aliphatic heterocycles. The number of nitrogens with zero attached hydrogens (tertiary/aromatic N) is 1. The van der Waals surface area contributed by atoms with Gasteiger partial charge >= 0.3 is 0 Å². The molecule has 1 aliphatic rings. The summed E-state index contributed by atoms with van der Waals surface area (Å²) in [5.74, 6) is 0.825. The molecule has 154 valence electrons. The second-order valence-electron chi connectivity index (χ2n) is 7.13. The van der Waals surface area contributed by atoms with Crippen molar-refractivity contribution >= 4 is 11.8 Å². The van der Waals surface area contributed by atoms with Gasteiger partial charge in [0, 0.05) is 43.8 Å². The summed E-state index contributed by atoms with van der Waals surface area (Å²) in [5, 5.41) is 2.88. The number of para-hydroxylation sites is 1. The molecule has 2 amide bonds. The van der Waals surface area contributed by atoms with Gasteiger partial charge in [-0.15, -0.1) is 0 Å². The Bertz CT molecular complexity index is 827. The fourth-order valence-corrected chi connectivity index (χ4v) is 3.62. The number of carbonyl (C=O) groups is 2. The molecular weight excluding hydrogens is 368 g/mol. The molecule has 0 bridgehead atoms. The van der Waals surface area contributed by atoms with Gasteiger partial charge in [0.25, 0.3) is 5.91 Å².